The molecule has 0 radical (unpaired) electrons. The summed E-state index contributed by atoms with van der Waals surface area (Å²) in [5.41, 5.74) is 1.62. The predicted octanol–water partition coefficient (Wildman–Crippen LogP) is 2.73. The van der Waals surface area contributed by atoms with Crippen LogP contribution in [0.1, 0.15) is 29.9 Å². The van der Waals surface area contributed by atoms with Crippen LogP contribution in [0, 0.1) is 0 Å². The van der Waals surface area contributed by atoms with E-state index in [1.54, 1.807) is 0 Å². The molecule has 0 bridgehead atoms. The van der Waals surface area contributed by atoms with Gasteiger partial charge >= 0.3 is 0 Å². The van der Waals surface area contributed by atoms with Gasteiger partial charge in [0.2, 0.25) is 5.78 Å². The third-order valence-electron chi connectivity index (χ3n) is 3.36. The average Bonchev–Trinajstić information content (AvgIpc) is 2.54. The summed E-state index contributed by atoms with van der Waals surface area (Å²) in [5, 5.41) is 8.81. The molecule has 0 aliphatic rings. The number of hydrogen-bond acceptors (Lipinski definition) is 3. The van der Waals surface area contributed by atoms with Crippen LogP contribution in [0.2, 0.25) is 0 Å². The molecule has 0 aromatic heterocycles. The van der Waals surface area contributed by atoms with Crippen molar-refractivity contribution in [3.8, 4) is 0 Å². The zero-order valence-electron chi connectivity index (χ0n) is 11.7. The summed E-state index contributed by atoms with van der Waals surface area (Å²) >= 11 is 0. The molecular formula is C18H18O3. The molecule has 0 aliphatic heterocycles. The van der Waals surface area contributed by atoms with E-state index in [1.165, 1.54) is 0 Å². The van der Waals surface area contributed by atoms with Crippen LogP contribution in [0.4, 0.5) is 0 Å². The number of aliphatic hydroxyl groups is 1. The van der Waals surface area contributed by atoms with Crippen molar-refractivity contribution in [3.05, 3.63) is 71.8 Å². The van der Waals surface area contributed by atoms with Crippen molar-refractivity contribution >= 4 is 11.6 Å². The summed E-state index contributed by atoms with van der Waals surface area (Å²) in [6.07, 6.45) is 0.409. The number of rotatable bonds is 7. The fourth-order valence-electron chi connectivity index (χ4n) is 2.31. The number of ketones is 2. The van der Waals surface area contributed by atoms with Crippen LogP contribution in [0.5, 0.6) is 0 Å². The molecule has 2 aromatic carbocycles. The van der Waals surface area contributed by atoms with E-state index in [-0.39, 0.29) is 13.0 Å². The molecule has 1 N–H and O–H groups in total. The van der Waals surface area contributed by atoms with E-state index in [0.29, 0.717) is 6.42 Å². The zero-order valence-corrected chi connectivity index (χ0v) is 11.7. The highest BCUT2D eigenvalue weighted by Crippen LogP contribution is 2.26. The van der Waals surface area contributed by atoms with Gasteiger partial charge in [-0.2, -0.15) is 0 Å². The molecule has 0 saturated heterocycles. The fourth-order valence-corrected chi connectivity index (χ4v) is 2.31. The number of aliphatic hydroxyl groups excluding tert-OH is 1. The van der Waals surface area contributed by atoms with Crippen molar-refractivity contribution in [1.29, 1.82) is 0 Å². The van der Waals surface area contributed by atoms with Gasteiger partial charge in [0, 0.05) is 13.0 Å². The van der Waals surface area contributed by atoms with Gasteiger partial charge < -0.3 is 5.11 Å². The molecular weight excluding hydrogens is 264 g/mol. The third-order valence-corrected chi connectivity index (χ3v) is 3.36. The highest BCUT2D eigenvalue weighted by Gasteiger charge is 2.27. The second-order valence-electron chi connectivity index (χ2n) is 4.87. The quantitative estimate of drug-likeness (QED) is 0.794. The molecule has 0 spiro atoms. The van der Waals surface area contributed by atoms with Crippen LogP contribution < -0.4 is 0 Å². The Morgan fingerprint density at radius 2 is 1.33 bits per heavy atom. The molecule has 2 rings (SSSR count). The van der Waals surface area contributed by atoms with Crippen molar-refractivity contribution in [2.24, 2.45) is 0 Å². The van der Waals surface area contributed by atoms with Crippen molar-refractivity contribution < 1.29 is 14.7 Å². The largest absolute Gasteiger partial charge is 0.396 e. The third kappa shape index (κ3) is 3.86. The van der Waals surface area contributed by atoms with E-state index in [2.05, 4.69) is 0 Å². The number of benzene rings is 2. The van der Waals surface area contributed by atoms with Gasteiger partial charge in [-0.1, -0.05) is 60.7 Å². The number of carbonyl (C=O) groups excluding carboxylic acids is 2. The maximum absolute atomic E-state index is 12.5. The van der Waals surface area contributed by atoms with Crippen LogP contribution in [0.3, 0.4) is 0 Å². The van der Waals surface area contributed by atoms with E-state index < -0.39 is 17.5 Å². The Kier molecular flexibility index (Phi) is 5.41. The molecule has 3 heteroatoms. The van der Waals surface area contributed by atoms with Crippen LogP contribution >= 0.6 is 0 Å². The number of Topliss-reactive ketones (excluding diaryl/α,β-unsaturated/α-hetero) is 2. The summed E-state index contributed by atoms with van der Waals surface area (Å²) in [6.45, 7) is -0.0830. The zero-order chi connectivity index (χ0) is 15.1. The normalized spacial score (nSPS) is 10.6. The molecule has 0 aliphatic carbocycles. The first-order chi connectivity index (χ1) is 10.2. The minimum absolute atomic E-state index is 0.0830. The number of hydrogen-bond donors (Lipinski definition) is 1. The standard InChI is InChI=1S/C18H18O3/c19-13-7-12-16(20)18(21)17(14-8-3-1-4-9-14)15-10-5-2-6-11-15/h1-6,8-11,17,19H,7,12-13H2. The van der Waals surface area contributed by atoms with Crippen LogP contribution in [0.15, 0.2) is 60.7 Å². The molecule has 0 saturated carbocycles. The van der Waals surface area contributed by atoms with Gasteiger partial charge in [0.25, 0.3) is 0 Å². The minimum Gasteiger partial charge on any atom is -0.396 e. The SMILES string of the molecule is O=C(CCCO)C(=O)C(c1ccccc1)c1ccccc1. The molecule has 0 fully saturated rings. The van der Waals surface area contributed by atoms with Gasteiger partial charge in [0.05, 0.1) is 5.92 Å². The second-order valence-corrected chi connectivity index (χ2v) is 4.87. The summed E-state index contributed by atoms with van der Waals surface area (Å²) in [5.74, 6) is -1.42. The van der Waals surface area contributed by atoms with Crippen LogP contribution in [0.25, 0.3) is 0 Å². The molecule has 0 unspecified atom stereocenters. The lowest BCUT2D eigenvalue weighted by Gasteiger charge is -2.16. The maximum atomic E-state index is 12.5. The highest BCUT2D eigenvalue weighted by atomic mass is 16.3. The Labute approximate surface area is 124 Å². The highest BCUT2D eigenvalue weighted by molar-refractivity contribution is 6.39. The van der Waals surface area contributed by atoms with Gasteiger partial charge in [0.1, 0.15) is 0 Å². The van der Waals surface area contributed by atoms with E-state index >= 15 is 0 Å². The fraction of sp³-hybridized carbons (Fsp3) is 0.222. The second kappa shape index (κ2) is 7.50. The van der Waals surface area contributed by atoms with Crippen LogP contribution in [-0.4, -0.2) is 23.3 Å². The van der Waals surface area contributed by atoms with Gasteiger partial charge in [-0.25, -0.2) is 0 Å². The predicted molar refractivity (Wildman–Crippen MR) is 81.1 cm³/mol. The molecule has 3 nitrogen and oxygen atoms in total. The van der Waals surface area contributed by atoms with Crippen LogP contribution in [-0.2, 0) is 9.59 Å². The lowest BCUT2D eigenvalue weighted by Crippen LogP contribution is -2.23. The minimum atomic E-state index is -0.571. The molecule has 0 atom stereocenters. The van der Waals surface area contributed by atoms with Crippen molar-refractivity contribution in [1.82, 2.24) is 0 Å². The Balaban J connectivity index is 2.33. The maximum Gasteiger partial charge on any atom is 0.210 e. The van der Waals surface area contributed by atoms with Gasteiger partial charge in [-0.3, -0.25) is 9.59 Å². The smallest absolute Gasteiger partial charge is 0.210 e. The molecule has 108 valence electrons. The first kappa shape index (κ1) is 15.1. The Morgan fingerprint density at radius 3 is 1.76 bits per heavy atom. The monoisotopic (exact) mass is 282 g/mol. The van der Waals surface area contributed by atoms with Gasteiger partial charge in [-0.05, 0) is 17.5 Å². The van der Waals surface area contributed by atoms with E-state index in [0.717, 1.165) is 11.1 Å². The summed E-state index contributed by atoms with van der Waals surface area (Å²) in [6, 6.07) is 18.6. The lowest BCUT2D eigenvalue weighted by atomic mass is 9.85. The molecule has 21 heavy (non-hydrogen) atoms. The van der Waals surface area contributed by atoms with Crippen molar-refractivity contribution in [2.75, 3.05) is 6.61 Å². The van der Waals surface area contributed by atoms with Gasteiger partial charge in [-0.15, -0.1) is 0 Å². The molecule has 0 heterocycles. The number of carbonyl (C=O) groups is 2. The van der Waals surface area contributed by atoms with Crippen molar-refractivity contribution in [2.45, 2.75) is 18.8 Å². The Bertz CT molecular complexity index is 551. The Morgan fingerprint density at radius 1 is 0.857 bits per heavy atom. The molecule has 2 aromatic rings. The first-order valence-electron chi connectivity index (χ1n) is 7.02. The summed E-state index contributed by atoms with van der Waals surface area (Å²) < 4.78 is 0. The van der Waals surface area contributed by atoms with Crippen molar-refractivity contribution in [3.63, 3.8) is 0 Å². The Hall–Kier alpha value is -2.26. The summed E-state index contributed by atoms with van der Waals surface area (Å²) in [7, 11) is 0. The van der Waals surface area contributed by atoms with Gasteiger partial charge in [0.15, 0.2) is 5.78 Å². The lowest BCUT2D eigenvalue weighted by molar-refractivity contribution is -0.137. The van der Waals surface area contributed by atoms with E-state index in [1.807, 2.05) is 60.7 Å². The topological polar surface area (TPSA) is 54.4 Å². The van der Waals surface area contributed by atoms with E-state index in [4.69, 9.17) is 5.11 Å². The van der Waals surface area contributed by atoms with E-state index in [9.17, 15) is 9.59 Å². The first-order valence-corrected chi connectivity index (χ1v) is 7.02. The summed E-state index contributed by atoms with van der Waals surface area (Å²) in [4.78, 5) is 24.5. The average molecular weight is 282 g/mol. The molecule has 0 amide bonds.